The van der Waals surface area contributed by atoms with Crippen molar-refractivity contribution in [1.29, 1.82) is 0 Å². The van der Waals surface area contributed by atoms with E-state index >= 15 is 0 Å². The lowest BCUT2D eigenvalue weighted by atomic mass is 9.89. The molecule has 0 bridgehead atoms. The van der Waals surface area contributed by atoms with E-state index in [9.17, 15) is 9.59 Å². The van der Waals surface area contributed by atoms with Crippen molar-refractivity contribution < 1.29 is 9.59 Å². The summed E-state index contributed by atoms with van der Waals surface area (Å²) in [5.74, 6) is 1.31. The number of hydrogen-bond donors (Lipinski definition) is 1. The van der Waals surface area contributed by atoms with E-state index in [0.29, 0.717) is 25.2 Å². The molecule has 0 saturated carbocycles. The number of carbonyl (C=O) groups excluding carboxylic acids is 2. The molecule has 166 valence electrons. The van der Waals surface area contributed by atoms with Crippen LogP contribution in [0.2, 0.25) is 0 Å². The van der Waals surface area contributed by atoms with E-state index in [4.69, 9.17) is 4.98 Å². The first-order valence-corrected chi connectivity index (χ1v) is 10.7. The van der Waals surface area contributed by atoms with Crippen molar-refractivity contribution in [3.63, 3.8) is 0 Å². The Kier molecular flexibility index (Phi) is 6.90. The molecular weight excluding hydrogens is 412 g/mol. The van der Waals surface area contributed by atoms with E-state index in [1.165, 1.54) is 11.1 Å². The molecule has 6 nitrogen and oxygen atoms in total. The molecule has 2 aromatic rings. The van der Waals surface area contributed by atoms with Gasteiger partial charge in [-0.25, -0.2) is 4.98 Å². The van der Waals surface area contributed by atoms with Gasteiger partial charge in [0.2, 0.25) is 5.91 Å². The van der Waals surface area contributed by atoms with Gasteiger partial charge >= 0.3 is 0 Å². The van der Waals surface area contributed by atoms with Crippen molar-refractivity contribution >= 4 is 30.0 Å². The Bertz CT molecular complexity index is 968. The van der Waals surface area contributed by atoms with Crippen molar-refractivity contribution in [2.45, 2.75) is 33.6 Å². The van der Waals surface area contributed by atoms with Crippen molar-refractivity contribution in [2.75, 3.05) is 37.6 Å². The normalized spacial score (nSPS) is 21.0. The highest BCUT2D eigenvalue weighted by molar-refractivity contribution is 5.94. The molecular formula is C24H31ClN4O2. The van der Waals surface area contributed by atoms with E-state index in [-0.39, 0.29) is 36.1 Å². The fourth-order valence-corrected chi connectivity index (χ4v) is 4.51. The van der Waals surface area contributed by atoms with Gasteiger partial charge in [-0.2, -0.15) is 0 Å². The van der Waals surface area contributed by atoms with Gasteiger partial charge in [0.05, 0.1) is 5.92 Å². The topological polar surface area (TPSA) is 65.5 Å². The summed E-state index contributed by atoms with van der Waals surface area (Å²) in [6, 6.07) is 9.76. The van der Waals surface area contributed by atoms with Crippen LogP contribution in [0.5, 0.6) is 0 Å². The summed E-state index contributed by atoms with van der Waals surface area (Å²) >= 11 is 0. The number of nitrogens with zero attached hydrogens (tertiary/aromatic N) is 3. The Morgan fingerprint density at radius 1 is 1.03 bits per heavy atom. The zero-order chi connectivity index (χ0) is 21.4. The summed E-state index contributed by atoms with van der Waals surface area (Å²) < 4.78 is 0. The van der Waals surface area contributed by atoms with Crippen molar-refractivity contribution in [2.24, 2.45) is 5.92 Å². The van der Waals surface area contributed by atoms with Gasteiger partial charge in [-0.3, -0.25) is 9.59 Å². The van der Waals surface area contributed by atoms with Crippen molar-refractivity contribution in [1.82, 2.24) is 15.2 Å². The van der Waals surface area contributed by atoms with Crippen LogP contribution >= 0.6 is 12.4 Å². The Labute approximate surface area is 190 Å². The first kappa shape index (κ1) is 23.1. The molecule has 1 aromatic heterocycles. The standard InChI is InChI=1S/C24H30N4O2.ClH/c1-15-13-16(2)22(26-18(15)4)27-9-11-28(12-10-27)24(30)20-7-5-19(6-8-20)21-17(3)14-25-23(21)29;/h5-8,13,17,21H,9-12,14H2,1-4H3,(H,25,29);1H/t17?,21-;/m1./s1. The molecule has 2 aliphatic heterocycles. The Morgan fingerprint density at radius 2 is 1.68 bits per heavy atom. The first-order valence-electron chi connectivity index (χ1n) is 10.7. The summed E-state index contributed by atoms with van der Waals surface area (Å²) in [6.07, 6.45) is 0. The summed E-state index contributed by atoms with van der Waals surface area (Å²) in [7, 11) is 0. The van der Waals surface area contributed by atoms with E-state index < -0.39 is 0 Å². The van der Waals surface area contributed by atoms with Crippen LogP contribution < -0.4 is 10.2 Å². The third kappa shape index (κ3) is 4.54. The molecule has 1 aromatic carbocycles. The van der Waals surface area contributed by atoms with Crippen LogP contribution in [0.15, 0.2) is 30.3 Å². The second kappa shape index (κ2) is 9.27. The maximum atomic E-state index is 13.0. The van der Waals surface area contributed by atoms with E-state index in [1.54, 1.807) is 0 Å². The summed E-state index contributed by atoms with van der Waals surface area (Å²) in [5.41, 5.74) is 5.10. The smallest absolute Gasteiger partial charge is 0.253 e. The van der Waals surface area contributed by atoms with Crippen LogP contribution in [-0.2, 0) is 4.79 Å². The summed E-state index contributed by atoms with van der Waals surface area (Å²) in [6.45, 7) is 11.9. The first-order chi connectivity index (χ1) is 14.3. The maximum absolute atomic E-state index is 13.0. The predicted molar refractivity (Wildman–Crippen MR) is 125 cm³/mol. The predicted octanol–water partition coefficient (Wildman–Crippen LogP) is 3.24. The largest absolute Gasteiger partial charge is 0.355 e. The third-order valence-corrected chi connectivity index (χ3v) is 6.46. The van der Waals surface area contributed by atoms with Gasteiger partial charge in [0.1, 0.15) is 5.82 Å². The maximum Gasteiger partial charge on any atom is 0.253 e. The summed E-state index contributed by atoms with van der Waals surface area (Å²) in [4.78, 5) is 34.0. The van der Waals surface area contributed by atoms with Crippen LogP contribution in [0.1, 0.15) is 45.6 Å². The molecule has 0 spiro atoms. The van der Waals surface area contributed by atoms with Gasteiger partial charge in [0, 0.05) is 44.0 Å². The van der Waals surface area contributed by atoms with Crippen LogP contribution in [0.4, 0.5) is 5.82 Å². The molecule has 4 rings (SSSR count). The monoisotopic (exact) mass is 442 g/mol. The Hall–Kier alpha value is -2.60. The lowest BCUT2D eigenvalue weighted by Gasteiger charge is -2.36. The van der Waals surface area contributed by atoms with E-state index in [1.807, 2.05) is 36.1 Å². The van der Waals surface area contributed by atoms with Crippen LogP contribution in [-0.4, -0.2) is 54.4 Å². The van der Waals surface area contributed by atoms with Gasteiger partial charge in [-0.15, -0.1) is 12.4 Å². The molecule has 2 aliphatic rings. The third-order valence-electron chi connectivity index (χ3n) is 6.46. The quantitative estimate of drug-likeness (QED) is 0.792. The minimum absolute atomic E-state index is 0. The fourth-order valence-electron chi connectivity index (χ4n) is 4.51. The number of halogens is 1. The fraction of sp³-hybridized carbons (Fsp3) is 0.458. The number of carbonyl (C=O) groups is 2. The average molecular weight is 443 g/mol. The van der Waals surface area contributed by atoms with E-state index in [2.05, 4.69) is 37.1 Å². The molecule has 2 saturated heterocycles. The molecule has 0 aliphatic carbocycles. The lowest BCUT2D eigenvalue weighted by molar-refractivity contribution is -0.120. The lowest BCUT2D eigenvalue weighted by Crippen LogP contribution is -2.49. The molecule has 1 N–H and O–H groups in total. The number of nitrogens with one attached hydrogen (secondary N) is 1. The number of rotatable bonds is 3. The highest BCUT2D eigenvalue weighted by Crippen LogP contribution is 2.29. The van der Waals surface area contributed by atoms with Gasteiger partial charge in [-0.1, -0.05) is 25.1 Å². The SMILES string of the molecule is Cc1cc(C)c(N2CCN(C(=O)c3ccc([C@@H]4C(=O)NCC4C)cc3)CC2)nc1C.Cl. The van der Waals surface area contributed by atoms with Crippen LogP contribution in [0.3, 0.4) is 0 Å². The van der Waals surface area contributed by atoms with Gasteiger partial charge in [0.25, 0.3) is 5.91 Å². The van der Waals surface area contributed by atoms with E-state index in [0.717, 1.165) is 30.2 Å². The average Bonchev–Trinajstić information content (AvgIpc) is 3.08. The molecule has 7 heteroatoms. The Balaban J connectivity index is 0.00000272. The number of benzene rings is 1. The molecule has 2 atom stereocenters. The molecule has 31 heavy (non-hydrogen) atoms. The van der Waals surface area contributed by atoms with Gasteiger partial charge in [0.15, 0.2) is 0 Å². The summed E-state index contributed by atoms with van der Waals surface area (Å²) in [5, 5.41) is 2.91. The second-order valence-electron chi connectivity index (χ2n) is 8.63. The van der Waals surface area contributed by atoms with Gasteiger partial charge in [-0.05, 0) is 55.5 Å². The number of piperazine rings is 1. The number of pyridine rings is 1. The van der Waals surface area contributed by atoms with Crippen LogP contribution in [0, 0.1) is 26.7 Å². The zero-order valence-electron chi connectivity index (χ0n) is 18.6. The van der Waals surface area contributed by atoms with Crippen molar-refractivity contribution in [3.05, 3.63) is 58.3 Å². The molecule has 3 heterocycles. The number of anilines is 1. The molecule has 2 amide bonds. The molecule has 1 unspecified atom stereocenters. The minimum Gasteiger partial charge on any atom is -0.355 e. The minimum atomic E-state index is -0.119. The molecule has 2 fully saturated rings. The Morgan fingerprint density at radius 3 is 2.26 bits per heavy atom. The highest BCUT2D eigenvalue weighted by atomic mass is 35.5. The van der Waals surface area contributed by atoms with Gasteiger partial charge < -0.3 is 15.1 Å². The number of hydrogen-bond acceptors (Lipinski definition) is 4. The number of amides is 2. The second-order valence-corrected chi connectivity index (χ2v) is 8.63. The van der Waals surface area contributed by atoms with Crippen molar-refractivity contribution in [3.8, 4) is 0 Å². The van der Waals surface area contributed by atoms with Crippen LogP contribution in [0.25, 0.3) is 0 Å². The zero-order valence-corrected chi connectivity index (χ0v) is 19.5. The highest BCUT2D eigenvalue weighted by Gasteiger charge is 2.33. The number of aromatic nitrogens is 1. The molecule has 0 radical (unpaired) electrons. The number of aryl methyl sites for hydroxylation is 3.